The molecular weight excluding hydrogens is 330 g/mol. The number of ether oxygens (including phenoxy) is 1. The maximum atomic E-state index is 11.8. The summed E-state index contributed by atoms with van der Waals surface area (Å²) >= 11 is 0. The Bertz CT molecular complexity index is 545. The van der Waals surface area contributed by atoms with Crippen molar-refractivity contribution >= 4 is 29.9 Å². The Morgan fingerprint density at radius 2 is 1.88 bits per heavy atom. The Morgan fingerprint density at radius 3 is 2.42 bits per heavy atom. The molecule has 1 fully saturated rings. The standard InChI is InChI=1S/C17H25N3O3.ClH/c1-11(2)16(18)17(22)19-9-15(21)20-13-5-7-14(8-6-13)23-10-12-3-4-12;/h5-8,11-12,16H,3-4,9-10,18H2,1-2H3,(H,19,22)(H,20,21);1H/t16-;/m0./s1. The fraction of sp³-hybridized carbons (Fsp3) is 0.529. The Morgan fingerprint density at radius 1 is 1.25 bits per heavy atom. The lowest BCUT2D eigenvalue weighted by atomic mass is 10.1. The number of benzene rings is 1. The molecule has 0 unspecified atom stereocenters. The van der Waals surface area contributed by atoms with Gasteiger partial charge in [-0.15, -0.1) is 12.4 Å². The molecule has 0 spiro atoms. The van der Waals surface area contributed by atoms with E-state index in [0.717, 1.165) is 12.4 Å². The van der Waals surface area contributed by atoms with Gasteiger partial charge >= 0.3 is 0 Å². The van der Waals surface area contributed by atoms with Gasteiger partial charge in [0.15, 0.2) is 0 Å². The van der Waals surface area contributed by atoms with Gasteiger partial charge in [0.1, 0.15) is 5.75 Å². The molecule has 0 aromatic heterocycles. The van der Waals surface area contributed by atoms with Crippen molar-refractivity contribution in [2.45, 2.75) is 32.7 Å². The summed E-state index contributed by atoms with van der Waals surface area (Å²) in [7, 11) is 0. The summed E-state index contributed by atoms with van der Waals surface area (Å²) in [5.74, 6) is 0.919. The molecule has 2 rings (SSSR count). The van der Waals surface area contributed by atoms with Gasteiger partial charge in [0, 0.05) is 5.69 Å². The zero-order valence-electron chi connectivity index (χ0n) is 14.1. The number of hydrogen-bond donors (Lipinski definition) is 3. The minimum absolute atomic E-state index is 0. The van der Waals surface area contributed by atoms with Crippen molar-refractivity contribution in [3.63, 3.8) is 0 Å². The maximum absolute atomic E-state index is 11.8. The average molecular weight is 356 g/mol. The first-order valence-corrected chi connectivity index (χ1v) is 8.01. The van der Waals surface area contributed by atoms with Crippen molar-refractivity contribution in [2.24, 2.45) is 17.6 Å². The molecule has 4 N–H and O–H groups in total. The van der Waals surface area contributed by atoms with Gasteiger partial charge in [-0.2, -0.15) is 0 Å². The Kier molecular flexibility index (Phi) is 8.01. The second-order valence-electron chi connectivity index (χ2n) is 6.31. The number of nitrogens with one attached hydrogen (secondary N) is 2. The molecule has 6 nitrogen and oxygen atoms in total. The molecule has 24 heavy (non-hydrogen) atoms. The molecule has 0 heterocycles. The van der Waals surface area contributed by atoms with Crippen LogP contribution in [0.1, 0.15) is 26.7 Å². The Balaban J connectivity index is 0.00000288. The molecule has 1 saturated carbocycles. The number of rotatable bonds is 8. The van der Waals surface area contributed by atoms with Crippen molar-refractivity contribution in [1.29, 1.82) is 0 Å². The Hall–Kier alpha value is -1.79. The summed E-state index contributed by atoms with van der Waals surface area (Å²) in [5, 5.41) is 5.25. The highest BCUT2D eigenvalue weighted by molar-refractivity contribution is 5.95. The largest absolute Gasteiger partial charge is 0.493 e. The van der Waals surface area contributed by atoms with Crippen molar-refractivity contribution in [3.8, 4) is 5.75 Å². The highest BCUT2D eigenvalue weighted by atomic mass is 35.5. The first-order chi connectivity index (χ1) is 11.0. The lowest BCUT2D eigenvalue weighted by Crippen LogP contribution is -2.46. The van der Waals surface area contributed by atoms with Gasteiger partial charge in [0.05, 0.1) is 19.2 Å². The predicted octanol–water partition coefficient (Wildman–Crippen LogP) is 1.94. The molecule has 0 aliphatic heterocycles. The number of amides is 2. The Labute approximate surface area is 148 Å². The first kappa shape index (κ1) is 20.3. The molecule has 1 aromatic carbocycles. The van der Waals surface area contributed by atoms with Gasteiger partial charge in [-0.05, 0) is 48.9 Å². The van der Waals surface area contributed by atoms with E-state index in [0.29, 0.717) is 11.6 Å². The molecule has 0 radical (unpaired) electrons. The summed E-state index contributed by atoms with van der Waals surface area (Å²) in [5.41, 5.74) is 6.38. The van der Waals surface area contributed by atoms with Crippen LogP contribution < -0.4 is 21.1 Å². The quantitative estimate of drug-likeness (QED) is 0.664. The van der Waals surface area contributed by atoms with Gasteiger partial charge in [-0.3, -0.25) is 9.59 Å². The number of halogens is 1. The van der Waals surface area contributed by atoms with Crippen LogP contribution in [-0.4, -0.2) is 31.0 Å². The average Bonchev–Trinajstić information content (AvgIpc) is 3.35. The van der Waals surface area contributed by atoms with Gasteiger partial charge in [-0.1, -0.05) is 13.8 Å². The van der Waals surface area contributed by atoms with Crippen LogP contribution in [0.4, 0.5) is 5.69 Å². The first-order valence-electron chi connectivity index (χ1n) is 8.01. The molecule has 1 aromatic rings. The highest BCUT2D eigenvalue weighted by Gasteiger charge is 2.21. The molecule has 0 bridgehead atoms. The van der Waals surface area contributed by atoms with Crippen LogP contribution in [0.3, 0.4) is 0 Å². The SMILES string of the molecule is CC(C)[C@H](N)C(=O)NCC(=O)Nc1ccc(OCC2CC2)cc1.Cl. The summed E-state index contributed by atoms with van der Waals surface area (Å²) in [6.45, 7) is 4.38. The van der Waals surface area contributed by atoms with Crippen LogP contribution in [-0.2, 0) is 9.59 Å². The molecule has 7 heteroatoms. The van der Waals surface area contributed by atoms with Crippen LogP contribution in [0.2, 0.25) is 0 Å². The predicted molar refractivity (Wildman–Crippen MR) is 96.4 cm³/mol. The van der Waals surface area contributed by atoms with Gasteiger partial charge < -0.3 is 21.1 Å². The van der Waals surface area contributed by atoms with E-state index in [4.69, 9.17) is 10.5 Å². The normalized spacial score (nSPS) is 14.5. The number of carbonyl (C=O) groups is 2. The molecule has 134 valence electrons. The van der Waals surface area contributed by atoms with Crippen molar-refractivity contribution in [1.82, 2.24) is 5.32 Å². The van der Waals surface area contributed by atoms with Crippen LogP contribution in [0, 0.1) is 11.8 Å². The van der Waals surface area contributed by atoms with Crippen LogP contribution >= 0.6 is 12.4 Å². The van der Waals surface area contributed by atoms with Gasteiger partial charge in [0.2, 0.25) is 11.8 Å². The topological polar surface area (TPSA) is 93.5 Å². The summed E-state index contributed by atoms with van der Waals surface area (Å²) in [6, 6.07) is 6.60. The van der Waals surface area contributed by atoms with Crippen molar-refractivity contribution in [2.75, 3.05) is 18.5 Å². The summed E-state index contributed by atoms with van der Waals surface area (Å²) in [4.78, 5) is 23.5. The third kappa shape index (κ3) is 6.76. The molecule has 0 saturated heterocycles. The van der Waals surface area contributed by atoms with E-state index >= 15 is 0 Å². The van der Waals surface area contributed by atoms with Gasteiger partial charge in [0.25, 0.3) is 0 Å². The van der Waals surface area contributed by atoms with Crippen molar-refractivity contribution in [3.05, 3.63) is 24.3 Å². The van der Waals surface area contributed by atoms with Crippen LogP contribution in [0.25, 0.3) is 0 Å². The van der Waals surface area contributed by atoms with E-state index in [2.05, 4.69) is 10.6 Å². The zero-order valence-corrected chi connectivity index (χ0v) is 14.9. The lowest BCUT2D eigenvalue weighted by molar-refractivity contribution is -0.125. The summed E-state index contributed by atoms with van der Waals surface area (Å²) < 4.78 is 5.63. The van der Waals surface area contributed by atoms with E-state index in [9.17, 15) is 9.59 Å². The fourth-order valence-corrected chi connectivity index (χ4v) is 1.93. The minimum atomic E-state index is -0.606. The number of carbonyl (C=O) groups excluding carboxylic acids is 2. The molecule has 2 amide bonds. The van der Waals surface area contributed by atoms with E-state index in [1.54, 1.807) is 12.1 Å². The number of nitrogens with two attached hydrogens (primary N) is 1. The highest BCUT2D eigenvalue weighted by Crippen LogP contribution is 2.29. The van der Waals surface area contributed by atoms with Gasteiger partial charge in [-0.25, -0.2) is 0 Å². The van der Waals surface area contributed by atoms with Crippen LogP contribution in [0.15, 0.2) is 24.3 Å². The third-order valence-electron chi connectivity index (χ3n) is 3.76. The molecular formula is C17H26ClN3O3. The second kappa shape index (κ2) is 9.49. The van der Waals surface area contributed by atoms with Crippen LogP contribution in [0.5, 0.6) is 5.75 Å². The second-order valence-corrected chi connectivity index (χ2v) is 6.31. The number of anilines is 1. The lowest BCUT2D eigenvalue weighted by Gasteiger charge is -2.15. The monoisotopic (exact) mass is 355 g/mol. The molecule has 1 aliphatic carbocycles. The maximum Gasteiger partial charge on any atom is 0.243 e. The number of hydrogen-bond acceptors (Lipinski definition) is 4. The van der Waals surface area contributed by atoms with E-state index in [1.807, 2.05) is 26.0 Å². The molecule has 1 atom stereocenters. The summed E-state index contributed by atoms with van der Waals surface area (Å²) in [6.07, 6.45) is 2.50. The zero-order chi connectivity index (χ0) is 16.8. The van der Waals surface area contributed by atoms with E-state index in [1.165, 1.54) is 12.8 Å². The fourth-order valence-electron chi connectivity index (χ4n) is 1.93. The van der Waals surface area contributed by atoms with Crippen molar-refractivity contribution < 1.29 is 14.3 Å². The van der Waals surface area contributed by atoms with E-state index < -0.39 is 6.04 Å². The smallest absolute Gasteiger partial charge is 0.243 e. The minimum Gasteiger partial charge on any atom is -0.493 e. The van der Waals surface area contributed by atoms with E-state index in [-0.39, 0.29) is 36.7 Å². The third-order valence-corrected chi connectivity index (χ3v) is 3.76. The molecule has 1 aliphatic rings.